The van der Waals surface area contributed by atoms with E-state index >= 15 is 0 Å². The molecular weight excluding hydrogens is 477 g/mol. The van der Waals surface area contributed by atoms with Crippen LogP contribution in [-0.4, -0.2) is 46.2 Å². The normalized spacial score (nSPS) is 17.3. The van der Waals surface area contributed by atoms with Gasteiger partial charge in [0.05, 0.1) is 0 Å². The molecule has 2 unspecified atom stereocenters. The minimum atomic E-state index is -3.58. The summed E-state index contributed by atoms with van der Waals surface area (Å²) in [4.78, 5) is 10.3. The van der Waals surface area contributed by atoms with E-state index in [1.54, 1.807) is 54.6 Å². The van der Waals surface area contributed by atoms with Crippen molar-refractivity contribution in [2.75, 3.05) is 19.5 Å². The number of nitrogens with one attached hydrogen (secondary N) is 1. The van der Waals surface area contributed by atoms with Crippen LogP contribution in [0.4, 0.5) is 0 Å². The number of β-amino-alcohol motifs (C(OH)–C–C–N with tert-alkyl or cyclic N) is 1. The van der Waals surface area contributed by atoms with Crippen LogP contribution in [-0.2, 0) is 11.0 Å². The predicted molar refractivity (Wildman–Crippen MR) is 140 cm³/mol. The molecule has 1 aliphatic carbocycles. The lowest BCUT2D eigenvalue weighted by molar-refractivity contribution is 0.0963. The van der Waals surface area contributed by atoms with Crippen LogP contribution in [0, 0.1) is 0 Å². The van der Waals surface area contributed by atoms with Crippen molar-refractivity contribution in [3.63, 3.8) is 0 Å². The fourth-order valence-corrected chi connectivity index (χ4v) is 5.70. The van der Waals surface area contributed by atoms with Crippen LogP contribution in [0.2, 0.25) is 0 Å². The summed E-state index contributed by atoms with van der Waals surface area (Å²) in [5.41, 5.74) is 1.05. The number of benzene rings is 3. The Morgan fingerprint density at radius 2 is 1.50 bits per heavy atom. The van der Waals surface area contributed by atoms with Gasteiger partial charge < -0.3 is 29.9 Å². The van der Waals surface area contributed by atoms with Gasteiger partial charge >= 0.3 is 0 Å². The van der Waals surface area contributed by atoms with Gasteiger partial charge in [-0.3, -0.25) is 4.57 Å². The van der Waals surface area contributed by atoms with Crippen molar-refractivity contribution in [3.05, 3.63) is 84.4 Å². The second kappa shape index (κ2) is 11.9. The van der Waals surface area contributed by atoms with Gasteiger partial charge in [0.25, 0.3) is 7.37 Å². The second-order valence-electron chi connectivity index (χ2n) is 9.46. The van der Waals surface area contributed by atoms with E-state index in [0.29, 0.717) is 23.3 Å². The molecule has 3 aromatic rings. The van der Waals surface area contributed by atoms with Crippen LogP contribution in [0.25, 0.3) is 0 Å². The number of aliphatic hydroxyl groups is 1. The average molecular weight is 512 g/mol. The number of phenolic OH excluding ortho intramolecular Hbond substituents is 1. The van der Waals surface area contributed by atoms with Crippen LogP contribution >= 0.6 is 7.37 Å². The highest BCUT2D eigenvalue weighted by Gasteiger charge is 2.34. The van der Waals surface area contributed by atoms with E-state index < -0.39 is 13.5 Å². The Morgan fingerprint density at radius 1 is 0.889 bits per heavy atom. The van der Waals surface area contributed by atoms with Crippen molar-refractivity contribution in [2.45, 2.75) is 43.7 Å². The minimum absolute atomic E-state index is 0.0873. The topological polar surface area (TPSA) is 108 Å². The largest absolute Gasteiger partial charge is 0.508 e. The number of hydrogen-bond donors (Lipinski definition) is 4. The Morgan fingerprint density at radius 3 is 2.17 bits per heavy atom. The van der Waals surface area contributed by atoms with Gasteiger partial charge in [-0.1, -0.05) is 43.2 Å². The predicted octanol–water partition coefficient (Wildman–Crippen LogP) is 4.21. The SMILES string of the molecule is O=P(O)(COc1ccc(CC2(NCC(O)COc3ccc(O)cc3)CCCC2)cc1)c1ccccc1. The molecule has 7 nitrogen and oxygen atoms in total. The van der Waals surface area contributed by atoms with Crippen molar-refractivity contribution in [1.82, 2.24) is 5.32 Å². The van der Waals surface area contributed by atoms with Gasteiger partial charge in [0.15, 0.2) is 6.35 Å². The standard InChI is InChI=1S/C28H34NO6P/c30-23-10-14-25(15-11-23)34-20-24(31)19-29-28(16-4-5-17-28)18-22-8-12-26(13-9-22)35-21-36(32,33)27-6-2-1-3-7-27/h1-3,6-15,24,29-31H,4-5,16-21H2,(H,32,33). The van der Waals surface area contributed by atoms with Crippen molar-refractivity contribution in [3.8, 4) is 17.2 Å². The highest BCUT2D eigenvalue weighted by atomic mass is 31.2. The first kappa shape index (κ1) is 26.2. The Labute approximate surface area is 212 Å². The van der Waals surface area contributed by atoms with Crippen molar-refractivity contribution in [2.24, 2.45) is 0 Å². The van der Waals surface area contributed by atoms with E-state index in [2.05, 4.69) is 5.32 Å². The number of aliphatic hydroxyl groups excluding tert-OH is 1. The molecular formula is C28H34NO6P. The molecule has 3 aromatic carbocycles. The van der Waals surface area contributed by atoms with E-state index in [0.717, 1.165) is 37.7 Å². The molecule has 0 radical (unpaired) electrons. The van der Waals surface area contributed by atoms with Crippen molar-refractivity contribution in [1.29, 1.82) is 0 Å². The van der Waals surface area contributed by atoms with E-state index in [9.17, 15) is 19.7 Å². The summed E-state index contributed by atoms with van der Waals surface area (Å²) in [7, 11) is -3.58. The summed E-state index contributed by atoms with van der Waals surface area (Å²) in [6, 6.07) is 22.7. The van der Waals surface area contributed by atoms with Crippen LogP contribution < -0.4 is 20.1 Å². The quantitative estimate of drug-likeness (QED) is 0.270. The summed E-state index contributed by atoms with van der Waals surface area (Å²) in [5.74, 6) is 1.33. The first-order chi connectivity index (χ1) is 17.3. The summed E-state index contributed by atoms with van der Waals surface area (Å²) in [6.45, 7) is 0.585. The molecule has 36 heavy (non-hydrogen) atoms. The highest BCUT2D eigenvalue weighted by molar-refractivity contribution is 7.65. The molecule has 0 amide bonds. The maximum absolute atomic E-state index is 12.6. The van der Waals surface area contributed by atoms with Crippen LogP contribution in [0.15, 0.2) is 78.9 Å². The Balaban J connectivity index is 1.28. The van der Waals surface area contributed by atoms with Gasteiger partial charge in [-0.25, -0.2) is 0 Å². The van der Waals surface area contributed by atoms with Gasteiger partial charge in [0.2, 0.25) is 0 Å². The molecule has 192 valence electrons. The van der Waals surface area contributed by atoms with E-state index in [1.807, 2.05) is 24.3 Å². The van der Waals surface area contributed by atoms with Gasteiger partial charge in [0.1, 0.15) is 30.0 Å². The molecule has 4 rings (SSSR count). The molecule has 0 bridgehead atoms. The van der Waals surface area contributed by atoms with Crippen molar-refractivity contribution < 1.29 is 29.1 Å². The van der Waals surface area contributed by atoms with E-state index in [4.69, 9.17) is 9.47 Å². The molecule has 1 saturated carbocycles. The summed E-state index contributed by atoms with van der Waals surface area (Å²) in [6.07, 6.45) is 4.22. The summed E-state index contributed by atoms with van der Waals surface area (Å²) < 4.78 is 23.8. The third-order valence-electron chi connectivity index (χ3n) is 6.58. The summed E-state index contributed by atoms with van der Waals surface area (Å²) in [5, 5.41) is 23.8. The Kier molecular flexibility index (Phi) is 8.70. The molecule has 0 spiro atoms. The van der Waals surface area contributed by atoms with Gasteiger partial charge in [-0.2, -0.15) is 0 Å². The van der Waals surface area contributed by atoms with E-state index in [-0.39, 0.29) is 24.2 Å². The minimum Gasteiger partial charge on any atom is -0.508 e. The van der Waals surface area contributed by atoms with Crippen molar-refractivity contribution >= 4 is 12.7 Å². The molecule has 0 saturated heterocycles. The molecule has 0 aromatic heterocycles. The average Bonchev–Trinajstić information content (AvgIpc) is 3.36. The van der Waals surface area contributed by atoms with Gasteiger partial charge in [0, 0.05) is 17.4 Å². The third-order valence-corrected chi connectivity index (χ3v) is 8.17. The zero-order chi connectivity index (χ0) is 25.4. The molecule has 4 N–H and O–H groups in total. The third kappa shape index (κ3) is 7.34. The van der Waals surface area contributed by atoms with Crippen LogP contribution in [0.5, 0.6) is 17.2 Å². The molecule has 1 aliphatic rings. The number of ether oxygens (including phenoxy) is 2. The zero-order valence-corrected chi connectivity index (χ0v) is 21.1. The molecule has 2 atom stereocenters. The fraction of sp³-hybridized carbons (Fsp3) is 0.357. The monoisotopic (exact) mass is 511 g/mol. The molecule has 1 fully saturated rings. The fourth-order valence-electron chi connectivity index (χ4n) is 4.59. The Bertz CT molecular complexity index is 1130. The lowest BCUT2D eigenvalue weighted by Crippen LogP contribution is -2.48. The van der Waals surface area contributed by atoms with Crippen LogP contribution in [0.1, 0.15) is 31.2 Å². The highest BCUT2D eigenvalue weighted by Crippen LogP contribution is 2.39. The maximum Gasteiger partial charge on any atom is 0.265 e. The second-order valence-corrected chi connectivity index (χ2v) is 11.6. The smallest absolute Gasteiger partial charge is 0.265 e. The Hall–Kier alpha value is -2.83. The number of rotatable bonds is 12. The van der Waals surface area contributed by atoms with Crippen LogP contribution in [0.3, 0.4) is 0 Å². The number of phenols is 1. The van der Waals surface area contributed by atoms with E-state index in [1.165, 1.54) is 0 Å². The summed E-state index contributed by atoms with van der Waals surface area (Å²) >= 11 is 0. The first-order valence-corrected chi connectivity index (χ1v) is 14.1. The lowest BCUT2D eigenvalue weighted by atomic mass is 9.89. The zero-order valence-electron chi connectivity index (χ0n) is 20.3. The molecule has 0 aliphatic heterocycles. The molecule has 0 heterocycles. The lowest BCUT2D eigenvalue weighted by Gasteiger charge is -2.32. The first-order valence-electron chi connectivity index (χ1n) is 12.3. The number of hydrogen-bond acceptors (Lipinski definition) is 6. The van der Waals surface area contributed by atoms with Gasteiger partial charge in [-0.05, 0) is 73.4 Å². The van der Waals surface area contributed by atoms with Gasteiger partial charge in [-0.15, -0.1) is 0 Å². The molecule has 8 heteroatoms. The maximum atomic E-state index is 12.6. The number of aromatic hydroxyl groups is 1.